The lowest BCUT2D eigenvalue weighted by Crippen LogP contribution is -2.22. The van der Waals surface area contributed by atoms with Crippen LogP contribution in [0.5, 0.6) is 0 Å². The number of thiazole rings is 1. The van der Waals surface area contributed by atoms with Crippen molar-refractivity contribution >= 4 is 22.9 Å². The predicted molar refractivity (Wildman–Crippen MR) is 81.6 cm³/mol. The Morgan fingerprint density at radius 1 is 1.33 bits per heavy atom. The lowest BCUT2D eigenvalue weighted by molar-refractivity contribution is 0.304. The minimum Gasteiger partial charge on any atom is -0.306 e. The number of aromatic nitrogens is 1. The molecule has 1 rings (SSSR count). The minimum absolute atomic E-state index is 0.536. The Labute approximate surface area is 120 Å². The number of nitrogens with zero attached hydrogens (tertiary/aromatic N) is 2. The molecule has 0 aliphatic heterocycles. The summed E-state index contributed by atoms with van der Waals surface area (Å²) >= 11 is 7.48. The fourth-order valence-electron chi connectivity index (χ4n) is 1.77. The van der Waals surface area contributed by atoms with Crippen molar-refractivity contribution in [2.45, 2.75) is 45.4 Å². The van der Waals surface area contributed by atoms with Gasteiger partial charge < -0.3 is 4.90 Å². The average molecular weight is 289 g/mol. The van der Waals surface area contributed by atoms with Gasteiger partial charge in [0.15, 0.2) is 0 Å². The Kier molecular flexibility index (Phi) is 7.87. The number of hydrogen-bond acceptors (Lipinski definition) is 3. The molecular weight excluding hydrogens is 264 g/mol. The molecule has 1 aromatic heterocycles. The monoisotopic (exact) mass is 288 g/mol. The molecule has 0 bridgehead atoms. The molecule has 0 atom stereocenters. The number of unbranched alkanes of at least 4 members (excludes halogenated alkanes) is 1. The summed E-state index contributed by atoms with van der Waals surface area (Å²) in [6.07, 6.45) is 4.87. The summed E-state index contributed by atoms with van der Waals surface area (Å²) < 4.78 is 0. The van der Waals surface area contributed by atoms with Crippen LogP contribution in [0.25, 0.3) is 0 Å². The van der Waals surface area contributed by atoms with Crippen LogP contribution in [0, 0.1) is 5.92 Å². The molecule has 0 saturated heterocycles. The Morgan fingerprint density at radius 3 is 2.72 bits per heavy atom. The normalized spacial score (nSPS) is 11.7. The van der Waals surface area contributed by atoms with Crippen molar-refractivity contribution in [1.29, 1.82) is 0 Å². The highest BCUT2D eigenvalue weighted by Crippen LogP contribution is 2.14. The van der Waals surface area contributed by atoms with E-state index in [-0.39, 0.29) is 0 Å². The first-order valence-corrected chi connectivity index (χ1v) is 8.21. The smallest absolute Gasteiger partial charge is 0.0928 e. The SMILES string of the molecule is CC(C)CCN(C)CCCCc1nc(CCl)cs1. The number of rotatable bonds is 9. The highest BCUT2D eigenvalue weighted by molar-refractivity contribution is 7.09. The molecule has 1 heterocycles. The van der Waals surface area contributed by atoms with Gasteiger partial charge in [0, 0.05) is 5.38 Å². The maximum Gasteiger partial charge on any atom is 0.0928 e. The lowest BCUT2D eigenvalue weighted by Gasteiger charge is -2.17. The molecule has 2 nitrogen and oxygen atoms in total. The molecule has 0 aliphatic rings. The van der Waals surface area contributed by atoms with E-state index in [1.807, 2.05) is 0 Å². The van der Waals surface area contributed by atoms with Gasteiger partial charge in [-0.15, -0.1) is 22.9 Å². The second-order valence-corrected chi connectivity index (χ2v) is 6.52. The summed E-state index contributed by atoms with van der Waals surface area (Å²) in [5.41, 5.74) is 1.02. The van der Waals surface area contributed by atoms with Crippen LogP contribution in [0.15, 0.2) is 5.38 Å². The fraction of sp³-hybridized carbons (Fsp3) is 0.786. The van der Waals surface area contributed by atoms with E-state index in [0.29, 0.717) is 5.88 Å². The second kappa shape index (κ2) is 8.89. The van der Waals surface area contributed by atoms with E-state index in [2.05, 4.69) is 36.2 Å². The summed E-state index contributed by atoms with van der Waals surface area (Å²) in [4.78, 5) is 6.91. The quantitative estimate of drug-likeness (QED) is 0.500. The van der Waals surface area contributed by atoms with E-state index in [4.69, 9.17) is 11.6 Å². The van der Waals surface area contributed by atoms with Crippen molar-refractivity contribution in [2.75, 3.05) is 20.1 Å². The van der Waals surface area contributed by atoms with Gasteiger partial charge in [-0.1, -0.05) is 13.8 Å². The van der Waals surface area contributed by atoms with Gasteiger partial charge in [0.25, 0.3) is 0 Å². The van der Waals surface area contributed by atoms with Crippen LogP contribution >= 0.6 is 22.9 Å². The largest absolute Gasteiger partial charge is 0.306 e. The molecule has 0 aliphatic carbocycles. The highest BCUT2D eigenvalue weighted by Gasteiger charge is 2.03. The van der Waals surface area contributed by atoms with Gasteiger partial charge in [-0.05, 0) is 51.7 Å². The second-order valence-electron chi connectivity index (χ2n) is 5.31. The standard InChI is InChI=1S/C14H25ClN2S/c1-12(2)7-9-17(3)8-5-4-6-14-16-13(10-15)11-18-14/h11-12H,4-10H2,1-3H3. The Hall–Kier alpha value is -0.120. The Bertz CT molecular complexity index is 325. The predicted octanol–water partition coefficient (Wildman–Crippen LogP) is 4.18. The van der Waals surface area contributed by atoms with Crippen LogP contribution < -0.4 is 0 Å². The molecular formula is C14H25ClN2S. The van der Waals surface area contributed by atoms with Crippen molar-refractivity contribution in [3.8, 4) is 0 Å². The molecule has 0 unspecified atom stereocenters. The van der Waals surface area contributed by atoms with Crippen LogP contribution in [0.4, 0.5) is 0 Å². The molecule has 0 aromatic carbocycles. The van der Waals surface area contributed by atoms with Gasteiger partial charge in [-0.2, -0.15) is 0 Å². The third-order valence-corrected chi connectivity index (χ3v) is 4.24. The average Bonchev–Trinajstić information content (AvgIpc) is 2.80. The van der Waals surface area contributed by atoms with Gasteiger partial charge in [-0.3, -0.25) is 0 Å². The molecule has 18 heavy (non-hydrogen) atoms. The third kappa shape index (κ3) is 6.72. The van der Waals surface area contributed by atoms with Crippen molar-refractivity contribution in [2.24, 2.45) is 5.92 Å². The van der Waals surface area contributed by atoms with E-state index in [1.54, 1.807) is 11.3 Å². The Balaban J connectivity index is 2.07. The molecule has 4 heteroatoms. The summed E-state index contributed by atoms with van der Waals surface area (Å²) in [6.45, 7) is 6.97. The van der Waals surface area contributed by atoms with Crippen molar-refractivity contribution in [1.82, 2.24) is 9.88 Å². The lowest BCUT2D eigenvalue weighted by atomic mass is 10.1. The third-order valence-electron chi connectivity index (χ3n) is 3.00. The molecule has 0 saturated carbocycles. The van der Waals surface area contributed by atoms with Crippen LogP contribution in [0.3, 0.4) is 0 Å². The zero-order valence-corrected chi connectivity index (χ0v) is 13.4. The van der Waals surface area contributed by atoms with E-state index >= 15 is 0 Å². The van der Waals surface area contributed by atoms with Crippen LogP contribution in [-0.4, -0.2) is 30.0 Å². The summed E-state index contributed by atoms with van der Waals surface area (Å²) in [5, 5.41) is 3.30. The van der Waals surface area contributed by atoms with Gasteiger partial charge in [-0.25, -0.2) is 4.98 Å². The van der Waals surface area contributed by atoms with Crippen molar-refractivity contribution in [3.63, 3.8) is 0 Å². The summed E-state index contributed by atoms with van der Waals surface area (Å²) in [5.74, 6) is 1.34. The summed E-state index contributed by atoms with van der Waals surface area (Å²) in [7, 11) is 2.22. The van der Waals surface area contributed by atoms with Crippen LogP contribution in [-0.2, 0) is 12.3 Å². The van der Waals surface area contributed by atoms with E-state index < -0.39 is 0 Å². The Morgan fingerprint density at radius 2 is 2.11 bits per heavy atom. The molecule has 1 aromatic rings. The highest BCUT2D eigenvalue weighted by atomic mass is 35.5. The van der Waals surface area contributed by atoms with E-state index in [9.17, 15) is 0 Å². The van der Waals surface area contributed by atoms with Gasteiger partial charge in [0.05, 0.1) is 16.6 Å². The zero-order valence-electron chi connectivity index (χ0n) is 11.8. The van der Waals surface area contributed by atoms with Crippen LogP contribution in [0.1, 0.15) is 43.8 Å². The van der Waals surface area contributed by atoms with Gasteiger partial charge in [0.1, 0.15) is 0 Å². The van der Waals surface area contributed by atoms with E-state index in [0.717, 1.165) is 18.0 Å². The first-order valence-electron chi connectivity index (χ1n) is 6.79. The summed E-state index contributed by atoms with van der Waals surface area (Å²) in [6, 6.07) is 0. The fourth-order valence-corrected chi connectivity index (χ4v) is 2.84. The van der Waals surface area contributed by atoms with Gasteiger partial charge >= 0.3 is 0 Å². The number of alkyl halides is 1. The maximum absolute atomic E-state index is 5.74. The van der Waals surface area contributed by atoms with Crippen molar-refractivity contribution < 1.29 is 0 Å². The van der Waals surface area contributed by atoms with Gasteiger partial charge in [0.2, 0.25) is 0 Å². The molecule has 0 amide bonds. The van der Waals surface area contributed by atoms with Crippen molar-refractivity contribution in [3.05, 3.63) is 16.1 Å². The first-order chi connectivity index (χ1) is 8.61. The number of hydrogen-bond donors (Lipinski definition) is 0. The molecule has 0 N–H and O–H groups in total. The topological polar surface area (TPSA) is 16.1 Å². The van der Waals surface area contributed by atoms with E-state index in [1.165, 1.54) is 37.4 Å². The molecule has 0 fully saturated rings. The minimum atomic E-state index is 0.536. The number of halogens is 1. The van der Waals surface area contributed by atoms with Crippen LogP contribution in [0.2, 0.25) is 0 Å². The molecule has 0 spiro atoms. The molecule has 104 valence electrons. The zero-order chi connectivity index (χ0) is 13.4. The molecule has 0 radical (unpaired) electrons. The number of aryl methyl sites for hydroxylation is 1. The maximum atomic E-state index is 5.74. The first kappa shape index (κ1) is 15.9.